The van der Waals surface area contributed by atoms with E-state index in [9.17, 15) is 0 Å². The highest BCUT2D eigenvalue weighted by Gasteiger charge is 2.21. The topological polar surface area (TPSA) is 41.0 Å². The van der Waals surface area contributed by atoms with E-state index in [0.717, 1.165) is 16.6 Å². The Morgan fingerprint density at radius 3 is 2.96 bits per heavy atom. The first-order valence-electron chi connectivity index (χ1n) is 8.17. The number of rotatable bonds is 3. The Hall–Kier alpha value is -2.94. The number of hydrogen-bond acceptors (Lipinski definition) is 2. The van der Waals surface area contributed by atoms with Gasteiger partial charge in [-0.2, -0.15) is 5.10 Å². The van der Waals surface area contributed by atoms with Crippen molar-refractivity contribution in [2.45, 2.75) is 19.8 Å². The highest BCUT2D eigenvalue weighted by Crippen LogP contribution is 2.38. The zero-order valence-electron chi connectivity index (χ0n) is 13.8. The minimum atomic E-state index is 0.196. The number of aromatic nitrogens is 2. The molecule has 0 bridgehead atoms. The van der Waals surface area contributed by atoms with Gasteiger partial charge < -0.3 is 0 Å². The Balaban J connectivity index is 1.75. The summed E-state index contributed by atoms with van der Waals surface area (Å²) in [6.07, 6.45) is 10.1. The molecular formula is C21H19N3. The summed E-state index contributed by atoms with van der Waals surface area (Å²) in [6, 6.07) is 13.0. The van der Waals surface area contributed by atoms with Crippen molar-refractivity contribution in [2.75, 3.05) is 0 Å². The molecule has 0 radical (unpaired) electrons. The lowest BCUT2D eigenvalue weighted by molar-refractivity contribution is 1.11. The lowest BCUT2D eigenvalue weighted by Gasteiger charge is -2.12. The quantitative estimate of drug-likeness (QED) is 0.647. The minimum absolute atomic E-state index is 0.196. The number of aromatic amines is 1. The van der Waals surface area contributed by atoms with E-state index in [1.54, 1.807) is 0 Å². The molecule has 2 heterocycles. The van der Waals surface area contributed by atoms with Crippen molar-refractivity contribution in [2.24, 2.45) is 4.99 Å². The first-order valence-corrected chi connectivity index (χ1v) is 8.17. The second kappa shape index (κ2) is 5.93. The van der Waals surface area contributed by atoms with Crippen molar-refractivity contribution in [1.29, 1.82) is 0 Å². The third-order valence-electron chi connectivity index (χ3n) is 4.54. The highest BCUT2D eigenvalue weighted by atomic mass is 15.1. The van der Waals surface area contributed by atoms with E-state index in [4.69, 9.17) is 0 Å². The van der Waals surface area contributed by atoms with E-state index >= 15 is 0 Å². The third kappa shape index (κ3) is 2.48. The molecule has 3 aromatic rings. The standard InChI is InChI=1S/C21H19N3/c1-3-4-5-14(2)15-8-9-20-18(10-15)19(13-22-20)16-6-7-17-12-23-24-21(17)11-16/h3-13,19H,1-2H3,(H,23,24)/b4-3-,14-5+. The van der Waals surface area contributed by atoms with Crippen LogP contribution in [0, 0.1) is 0 Å². The predicted octanol–water partition coefficient (Wildman–Crippen LogP) is 5.39. The fourth-order valence-corrected chi connectivity index (χ4v) is 3.15. The van der Waals surface area contributed by atoms with Gasteiger partial charge in [0.2, 0.25) is 0 Å². The van der Waals surface area contributed by atoms with E-state index in [1.165, 1.54) is 22.3 Å². The molecule has 1 aromatic heterocycles. The molecule has 0 saturated carbocycles. The SMILES string of the molecule is C/C=C\C=C(/C)c1ccc2c(c1)C(c1ccc3cn[nH]c3c1)C=N2. The molecule has 0 aliphatic carbocycles. The molecule has 2 aromatic carbocycles. The summed E-state index contributed by atoms with van der Waals surface area (Å²) in [7, 11) is 0. The molecule has 1 aliphatic heterocycles. The second-order valence-corrected chi connectivity index (χ2v) is 6.12. The summed E-state index contributed by atoms with van der Waals surface area (Å²) in [5.74, 6) is 0.196. The van der Waals surface area contributed by atoms with Crippen molar-refractivity contribution < 1.29 is 0 Å². The maximum atomic E-state index is 4.60. The van der Waals surface area contributed by atoms with Gasteiger partial charge in [-0.3, -0.25) is 10.1 Å². The zero-order chi connectivity index (χ0) is 16.5. The Morgan fingerprint density at radius 1 is 1.17 bits per heavy atom. The largest absolute Gasteiger partial charge is 0.278 e. The van der Waals surface area contributed by atoms with Crippen LogP contribution in [0.2, 0.25) is 0 Å². The molecule has 3 heteroatoms. The van der Waals surface area contributed by atoms with Gasteiger partial charge in [0.05, 0.1) is 17.4 Å². The summed E-state index contributed by atoms with van der Waals surface area (Å²) in [4.78, 5) is 4.60. The van der Waals surface area contributed by atoms with Crippen LogP contribution in [0.5, 0.6) is 0 Å². The molecule has 0 saturated heterocycles. The molecule has 118 valence electrons. The molecule has 3 nitrogen and oxygen atoms in total. The van der Waals surface area contributed by atoms with Crippen LogP contribution < -0.4 is 0 Å². The number of benzene rings is 2. The number of aliphatic imine (C=N–C) groups is 1. The van der Waals surface area contributed by atoms with Gasteiger partial charge in [-0.15, -0.1) is 0 Å². The average Bonchev–Trinajstić information content (AvgIpc) is 3.24. The van der Waals surface area contributed by atoms with Crippen LogP contribution in [-0.2, 0) is 0 Å². The molecule has 0 fully saturated rings. The smallest absolute Gasteiger partial charge is 0.0668 e. The first-order chi connectivity index (χ1) is 11.8. The van der Waals surface area contributed by atoms with Gasteiger partial charge in [-0.1, -0.05) is 36.4 Å². The van der Waals surface area contributed by atoms with Gasteiger partial charge in [0.15, 0.2) is 0 Å². The maximum Gasteiger partial charge on any atom is 0.0668 e. The summed E-state index contributed by atoms with van der Waals surface area (Å²) in [6.45, 7) is 4.17. The van der Waals surface area contributed by atoms with Crippen LogP contribution in [0.1, 0.15) is 36.5 Å². The van der Waals surface area contributed by atoms with Crippen molar-refractivity contribution in [3.05, 3.63) is 77.5 Å². The monoisotopic (exact) mass is 313 g/mol. The van der Waals surface area contributed by atoms with Gasteiger partial charge in [-0.25, -0.2) is 0 Å². The fourth-order valence-electron chi connectivity index (χ4n) is 3.15. The highest BCUT2D eigenvalue weighted by molar-refractivity contribution is 5.87. The molecule has 1 aliphatic rings. The van der Waals surface area contributed by atoms with E-state index in [0.29, 0.717) is 0 Å². The van der Waals surface area contributed by atoms with Crippen molar-refractivity contribution in [3.63, 3.8) is 0 Å². The Kier molecular flexibility index (Phi) is 3.62. The molecule has 1 unspecified atom stereocenters. The minimum Gasteiger partial charge on any atom is -0.278 e. The number of fused-ring (bicyclic) bond motifs is 2. The number of allylic oxidation sites excluding steroid dienone is 4. The van der Waals surface area contributed by atoms with Crippen LogP contribution in [0.15, 0.2) is 65.8 Å². The van der Waals surface area contributed by atoms with Crippen LogP contribution >= 0.6 is 0 Å². The average molecular weight is 313 g/mol. The number of nitrogens with zero attached hydrogens (tertiary/aromatic N) is 2. The van der Waals surface area contributed by atoms with Crippen LogP contribution in [-0.4, -0.2) is 16.4 Å². The Bertz CT molecular complexity index is 989. The number of H-pyrrole nitrogens is 1. The van der Waals surface area contributed by atoms with Gasteiger partial charge in [0.1, 0.15) is 0 Å². The summed E-state index contributed by atoms with van der Waals surface area (Å²) < 4.78 is 0. The lowest BCUT2D eigenvalue weighted by Crippen LogP contribution is -1.99. The number of hydrogen-bond donors (Lipinski definition) is 1. The van der Waals surface area contributed by atoms with E-state index < -0.39 is 0 Å². The van der Waals surface area contributed by atoms with Crippen LogP contribution in [0.3, 0.4) is 0 Å². The van der Waals surface area contributed by atoms with Crippen molar-refractivity contribution in [3.8, 4) is 0 Å². The molecule has 4 rings (SSSR count). The predicted molar refractivity (Wildman–Crippen MR) is 101 cm³/mol. The maximum absolute atomic E-state index is 4.60. The molecule has 24 heavy (non-hydrogen) atoms. The normalized spacial score (nSPS) is 17.1. The van der Waals surface area contributed by atoms with Gasteiger partial charge >= 0.3 is 0 Å². The van der Waals surface area contributed by atoms with Gasteiger partial charge in [0, 0.05) is 17.5 Å². The van der Waals surface area contributed by atoms with Crippen LogP contribution in [0.4, 0.5) is 5.69 Å². The van der Waals surface area contributed by atoms with E-state index in [-0.39, 0.29) is 5.92 Å². The summed E-state index contributed by atoms with van der Waals surface area (Å²) in [5, 5.41) is 8.29. The molecule has 0 spiro atoms. The number of nitrogens with one attached hydrogen (secondary N) is 1. The molecule has 1 N–H and O–H groups in total. The van der Waals surface area contributed by atoms with Gasteiger partial charge in [-0.05, 0) is 54.3 Å². The Morgan fingerprint density at radius 2 is 2.08 bits per heavy atom. The van der Waals surface area contributed by atoms with Crippen LogP contribution in [0.25, 0.3) is 16.5 Å². The molecule has 1 atom stereocenters. The Labute approximate surface area is 141 Å². The lowest BCUT2D eigenvalue weighted by atomic mass is 9.90. The van der Waals surface area contributed by atoms with Crippen molar-refractivity contribution in [1.82, 2.24) is 10.2 Å². The fraction of sp³-hybridized carbons (Fsp3) is 0.143. The van der Waals surface area contributed by atoms with Crippen molar-refractivity contribution >= 4 is 28.4 Å². The zero-order valence-corrected chi connectivity index (χ0v) is 13.8. The molecular weight excluding hydrogens is 294 g/mol. The van der Waals surface area contributed by atoms with Gasteiger partial charge in [0.25, 0.3) is 0 Å². The second-order valence-electron chi connectivity index (χ2n) is 6.12. The first kappa shape index (κ1) is 14.6. The van der Waals surface area contributed by atoms with E-state index in [1.807, 2.05) is 25.4 Å². The third-order valence-corrected chi connectivity index (χ3v) is 4.54. The summed E-state index contributed by atoms with van der Waals surface area (Å²) in [5.41, 5.74) is 7.12. The summed E-state index contributed by atoms with van der Waals surface area (Å²) >= 11 is 0. The van der Waals surface area contributed by atoms with E-state index in [2.05, 4.69) is 70.7 Å². The molecule has 0 amide bonds.